The molecule has 2 aliphatic carbocycles. The minimum atomic E-state index is -1.32. The molecule has 0 spiro atoms. The topological polar surface area (TPSA) is 51.2 Å². The summed E-state index contributed by atoms with van der Waals surface area (Å²) in [5.74, 6) is 0.431. The molecule has 94 valence electrons. The molecule has 0 aromatic heterocycles. The van der Waals surface area contributed by atoms with E-state index in [-0.39, 0.29) is 23.4 Å². The van der Waals surface area contributed by atoms with Crippen LogP contribution < -0.4 is 0 Å². The summed E-state index contributed by atoms with van der Waals surface area (Å²) in [5, 5.41) is -0.469. The Morgan fingerprint density at radius 2 is 1.72 bits per heavy atom. The molecule has 2 aliphatic rings. The Bertz CT molecular complexity index is 523. The molecule has 2 fully saturated rings. The van der Waals surface area contributed by atoms with Crippen LogP contribution in [0.2, 0.25) is 0 Å². The average molecular weight is 262 g/mol. The van der Waals surface area contributed by atoms with Crippen LogP contribution in [0, 0.1) is 11.8 Å². The van der Waals surface area contributed by atoms with Gasteiger partial charge >= 0.3 is 0 Å². The fourth-order valence-corrected chi connectivity index (χ4v) is 4.82. The van der Waals surface area contributed by atoms with Crippen LogP contribution >= 0.6 is 0 Å². The lowest BCUT2D eigenvalue weighted by Gasteiger charge is -2.15. The van der Waals surface area contributed by atoms with Gasteiger partial charge in [-0.05, 0) is 24.0 Å². The fourth-order valence-electron chi connectivity index (χ4n) is 3.13. The predicted molar refractivity (Wildman–Crippen MR) is 67.5 cm³/mol. The summed E-state index contributed by atoms with van der Waals surface area (Å²) < 4.78 is 12.5. The molecule has 0 amide bonds. The Hall–Kier alpha value is -1.29. The summed E-state index contributed by atoms with van der Waals surface area (Å²) in [6, 6.07) is 9.08. The number of carbonyl (C=O) groups is 2. The molecule has 3 nitrogen and oxygen atoms in total. The standard InChI is InChI=1S/C14H14O3S/c15-10-6-9-7-13(16)14(12(9)8-10)18(17)11-4-2-1-3-5-11/h1-5,9,12,14H,6-8H2/t9-,12-,14-,18+/m1/s1. The molecular formula is C14H14O3S. The van der Waals surface area contributed by atoms with E-state index in [4.69, 9.17) is 0 Å². The van der Waals surface area contributed by atoms with Gasteiger partial charge in [0.05, 0.1) is 10.8 Å². The van der Waals surface area contributed by atoms with E-state index in [1.165, 1.54) is 0 Å². The summed E-state index contributed by atoms with van der Waals surface area (Å²) in [6.07, 6.45) is 1.36. The van der Waals surface area contributed by atoms with Gasteiger partial charge in [-0.2, -0.15) is 0 Å². The minimum Gasteiger partial charge on any atom is -0.300 e. The molecule has 4 atom stereocenters. The summed E-state index contributed by atoms with van der Waals surface area (Å²) >= 11 is 0. The van der Waals surface area contributed by atoms with E-state index in [1.807, 2.05) is 18.2 Å². The molecule has 0 aliphatic heterocycles. The van der Waals surface area contributed by atoms with Crippen LogP contribution in [0.25, 0.3) is 0 Å². The summed E-state index contributed by atoms with van der Waals surface area (Å²) in [4.78, 5) is 24.2. The number of hydrogen-bond acceptors (Lipinski definition) is 3. The highest BCUT2D eigenvalue weighted by molar-refractivity contribution is 7.86. The number of benzene rings is 1. The van der Waals surface area contributed by atoms with Gasteiger partial charge in [0.15, 0.2) is 0 Å². The predicted octanol–water partition coefficient (Wildman–Crippen LogP) is 1.73. The molecule has 0 radical (unpaired) electrons. The molecule has 0 saturated heterocycles. The van der Waals surface area contributed by atoms with Crippen LogP contribution in [0.4, 0.5) is 0 Å². The summed E-state index contributed by atoms with van der Waals surface area (Å²) in [5.41, 5.74) is 0. The van der Waals surface area contributed by atoms with Crippen LogP contribution in [0.3, 0.4) is 0 Å². The normalized spacial score (nSPS) is 32.6. The first kappa shape index (κ1) is 11.8. The van der Waals surface area contributed by atoms with Crippen molar-refractivity contribution in [3.63, 3.8) is 0 Å². The molecule has 2 saturated carbocycles. The van der Waals surface area contributed by atoms with Gasteiger partial charge in [-0.3, -0.25) is 13.8 Å². The molecule has 0 unspecified atom stereocenters. The third-order valence-corrected chi connectivity index (χ3v) is 5.74. The lowest BCUT2D eigenvalue weighted by atomic mass is 10.0. The van der Waals surface area contributed by atoms with E-state index < -0.39 is 16.0 Å². The van der Waals surface area contributed by atoms with Crippen LogP contribution in [-0.2, 0) is 20.4 Å². The number of fused-ring (bicyclic) bond motifs is 1. The Labute approximate surface area is 108 Å². The van der Waals surface area contributed by atoms with Crippen LogP contribution in [-0.4, -0.2) is 21.0 Å². The van der Waals surface area contributed by atoms with E-state index in [0.29, 0.717) is 24.2 Å². The van der Waals surface area contributed by atoms with Gasteiger partial charge in [0, 0.05) is 24.2 Å². The zero-order chi connectivity index (χ0) is 12.7. The Morgan fingerprint density at radius 1 is 1.00 bits per heavy atom. The Balaban J connectivity index is 1.90. The second-order valence-corrected chi connectivity index (χ2v) is 6.65. The number of hydrogen-bond donors (Lipinski definition) is 0. The number of carbonyl (C=O) groups excluding carboxylic acids is 2. The highest BCUT2D eigenvalue weighted by Crippen LogP contribution is 2.43. The van der Waals surface area contributed by atoms with E-state index in [1.54, 1.807) is 12.1 Å². The second kappa shape index (κ2) is 4.43. The van der Waals surface area contributed by atoms with Gasteiger partial charge in [0.1, 0.15) is 16.8 Å². The highest BCUT2D eigenvalue weighted by atomic mass is 32.2. The van der Waals surface area contributed by atoms with Gasteiger partial charge in [0.2, 0.25) is 0 Å². The van der Waals surface area contributed by atoms with E-state index >= 15 is 0 Å². The monoisotopic (exact) mass is 262 g/mol. The first-order valence-electron chi connectivity index (χ1n) is 6.17. The maximum atomic E-state index is 12.5. The van der Waals surface area contributed by atoms with Crippen molar-refractivity contribution in [1.82, 2.24) is 0 Å². The lowest BCUT2D eigenvalue weighted by molar-refractivity contribution is -0.119. The van der Waals surface area contributed by atoms with Crippen molar-refractivity contribution in [2.45, 2.75) is 29.4 Å². The lowest BCUT2D eigenvalue weighted by Crippen LogP contribution is -2.27. The maximum absolute atomic E-state index is 12.5. The molecule has 1 aromatic carbocycles. The molecular weight excluding hydrogens is 248 g/mol. The second-order valence-electron chi connectivity index (χ2n) is 5.07. The van der Waals surface area contributed by atoms with Crippen molar-refractivity contribution in [3.8, 4) is 0 Å². The van der Waals surface area contributed by atoms with Crippen molar-refractivity contribution in [1.29, 1.82) is 0 Å². The molecule has 0 N–H and O–H groups in total. The fraction of sp³-hybridized carbons (Fsp3) is 0.429. The van der Waals surface area contributed by atoms with Gasteiger partial charge in [0.25, 0.3) is 0 Å². The number of ketones is 2. The molecule has 4 heteroatoms. The zero-order valence-electron chi connectivity index (χ0n) is 9.87. The first-order valence-corrected chi connectivity index (χ1v) is 7.38. The maximum Gasteiger partial charge on any atom is 0.149 e. The SMILES string of the molecule is O=C1C[C@@H]2CC(=O)[C@H]([S@@](=O)c3ccccc3)[C@@H]2C1. The largest absolute Gasteiger partial charge is 0.300 e. The van der Waals surface area contributed by atoms with Crippen molar-refractivity contribution in [2.75, 3.05) is 0 Å². The molecule has 1 aromatic rings. The number of Topliss-reactive ketones (excluding diaryl/α,β-unsaturated/α-hetero) is 2. The van der Waals surface area contributed by atoms with Gasteiger partial charge in [-0.15, -0.1) is 0 Å². The third kappa shape index (κ3) is 1.85. The molecule has 18 heavy (non-hydrogen) atoms. The number of rotatable bonds is 2. The Kier molecular flexibility index (Phi) is 2.90. The van der Waals surface area contributed by atoms with E-state index in [9.17, 15) is 13.8 Å². The van der Waals surface area contributed by atoms with Crippen LogP contribution in [0.1, 0.15) is 19.3 Å². The Morgan fingerprint density at radius 3 is 2.44 bits per heavy atom. The zero-order valence-corrected chi connectivity index (χ0v) is 10.7. The molecule has 3 rings (SSSR count). The quantitative estimate of drug-likeness (QED) is 0.815. The van der Waals surface area contributed by atoms with Gasteiger partial charge in [-0.1, -0.05) is 18.2 Å². The van der Waals surface area contributed by atoms with Crippen molar-refractivity contribution < 1.29 is 13.8 Å². The average Bonchev–Trinajstić information content (AvgIpc) is 2.84. The third-order valence-electron chi connectivity index (χ3n) is 3.93. The van der Waals surface area contributed by atoms with Crippen molar-refractivity contribution in [3.05, 3.63) is 30.3 Å². The van der Waals surface area contributed by atoms with Crippen molar-refractivity contribution in [2.24, 2.45) is 11.8 Å². The summed E-state index contributed by atoms with van der Waals surface area (Å²) in [6.45, 7) is 0. The van der Waals surface area contributed by atoms with E-state index in [0.717, 1.165) is 0 Å². The molecule has 0 bridgehead atoms. The smallest absolute Gasteiger partial charge is 0.149 e. The molecule has 0 heterocycles. The summed E-state index contributed by atoms with van der Waals surface area (Å²) in [7, 11) is -1.32. The first-order chi connectivity index (χ1) is 8.66. The highest BCUT2D eigenvalue weighted by Gasteiger charge is 2.50. The minimum absolute atomic E-state index is 0.00559. The van der Waals surface area contributed by atoms with Crippen LogP contribution in [0.5, 0.6) is 0 Å². The van der Waals surface area contributed by atoms with Crippen LogP contribution in [0.15, 0.2) is 35.2 Å². The van der Waals surface area contributed by atoms with Crippen molar-refractivity contribution >= 4 is 22.4 Å². The van der Waals surface area contributed by atoms with Gasteiger partial charge in [-0.25, -0.2) is 0 Å². The van der Waals surface area contributed by atoms with Gasteiger partial charge < -0.3 is 0 Å². The van der Waals surface area contributed by atoms with E-state index in [2.05, 4.69) is 0 Å².